The van der Waals surface area contributed by atoms with Gasteiger partial charge in [-0.1, -0.05) is 61.5 Å². The first-order valence-corrected chi connectivity index (χ1v) is 6.19. The van der Waals surface area contributed by atoms with Crippen LogP contribution >= 0.6 is 0 Å². The lowest BCUT2D eigenvalue weighted by Crippen LogP contribution is -2.01. The number of hydrogen-bond acceptors (Lipinski definition) is 1. The highest BCUT2D eigenvalue weighted by molar-refractivity contribution is 5.33. The van der Waals surface area contributed by atoms with Crippen LogP contribution < -0.4 is 5.73 Å². The maximum atomic E-state index is 5.62. The molecule has 88 valence electrons. The Morgan fingerprint density at radius 1 is 0.882 bits per heavy atom. The largest absolute Gasteiger partial charge is 0.326 e. The maximum absolute atomic E-state index is 5.62. The number of nitrogens with two attached hydrogens (primary N) is 1. The van der Waals surface area contributed by atoms with Crippen molar-refractivity contribution in [2.24, 2.45) is 5.73 Å². The first-order valence-electron chi connectivity index (χ1n) is 6.19. The molecule has 0 aliphatic heterocycles. The Kier molecular flexibility index (Phi) is 3.94. The minimum absolute atomic E-state index is 0.489. The van der Waals surface area contributed by atoms with Gasteiger partial charge in [0.15, 0.2) is 0 Å². The van der Waals surface area contributed by atoms with Crippen molar-refractivity contribution in [3.8, 4) is 0 Å². The summed E-state index contributed by atoms with van der Waals surface area (Å²) in [5.41, 5.74) is 9.57. The van der Waals surface area contributed by atoms with E-state index in [0.29, 0.717) is 12.5 Å². The molecule has 0 radical (unpaired) electrons. The fourth-order valence-electron chi connectivity index (χ4n) is 2.24. The van der Waals surface area contributed by atoms with Gasteiger partial charge in [0, 0.05) is 12.5 Å². The van der Waals surface area contributed by atoms with Gasteiger partial charge in [-0.25, -0.2) is 0 Å². The molecule has 0 saturated heterocycles. The minimum Gasteiger partial charge on any atom is -0.326 e. The third kappa shape index (κ3) is 2.75. The molecule has 0 saturated carbocycles. The molecule has 0 heterocycles. The first-order chi connectivity index (χ1) is 8.35. The molecule has 2 N–H and O–H groups in total. The molecule has 17 heavy (non-hydrogen) atoms. The van der Waals surface area contributed by atoms with E-state index in [2.05, 4.69) is 61.5 Å². The summed E-state index contributed by atoms with van der Waals surface area (Å²) in [4.78, 5) is 0. The van der Waals surface area contributed by atoms with Gasteiger partial charge in [0.2, 0.25) is 0 Å². The van der Waals surface area contributed by atoms with Crippen LogP contribution in [0, 0.1) is 0 Å². The van der Waals surface area contributed by atoms with Gasteiger partial charge in [0.25, 0.3) is 0 Å². The maximum Gasteiger partial charge on any atom is 0.0178 e. The zero-order valence-corrected chi connectivity index (χ0v) is 10.3. The van der Waals surface area contributed by atoms with E-state index >= 15 is 0 Å². The van der Waals surface area contributed by atoms with Crippen molar-refractivity contribution >= 4 is 0 Å². The molecular formula is C16H19N. The molecule has 2 rings (SSSR count). The fourth-order valence-corrected chi connectivity index (χ4v) is 2.24. The van der Waals surface area contributed by atoms with Crippen LogP contribution in [0.2, 0.25) is 0 Å². The highest BCUT2D eigenvalue weighted by atomic mass is 14.5. The summed E-state index contributed by atoms with van der Waals surface area (Å²) in [5.74, 6) is 0.489. The second-order valence-electron chi connectivity index (χ2n) is 4.32. The van der Waals surface area contributed by atoms with E-state index in [1.54, 1.807) is 0 Å². The van der Waals surface area contributed by atoms with Crippen LogP contribution in [0.15, 0.2) is 54.6 Å². The summed E-state index contributed by atoms with van der Waals surface area (Å²) in [6.07, 6.45) is 1.12. The van der Waals surface area contributed by atoms with E-state index in [1.165, 1.54) is 16.7 Å². The van der Waals surface area contributed by atoms with Gasteiger partial charge in [-0.05, 0) is 23.1 Å². The average Bonchev–Trinajstić information content (AvgIpc) is 2.42. The van der Waals surface area contributed by atoms with E-state index in [9.17, 15) is 0 Å². The summed E-state index contributed by atoms with van der Waals surface area (Å²) < 4.78 is 0. The normalized spacial score (nSPS) is 12.4. The zero-order chi connectivity index (χ0) is 12.1. The van der Waals surface area contributed by atoms with Crippen LogP contribution in [0.1, 0.15) is 36.0 Å². The second-order valence-corrected chi connectivity index (χ2v) is 4.32. The lowest BCUT2D eigenvalue weighted by Gasteiger charge is -2.16. The molecule has 0 fully saturated rings. The van der Waals surface area contributed by atoms with Crippen LogP contribution in [-0.2, 0) is 6.54 Å². The quantitative estimate of drug-likeness (QED) is 0.843. The van der Waals surface area contributed by atoms with Gasteiger partial charge < -0.3 is 5.73 Å². The van der Waals surface area contributed by atoms with Crippen molar-refractivity contribution < 1.29 is 0 Å². The van der Waals surface area contributed by atoms with Crippen molar-refractivity contribution in [1.82, 2.24) is 0 Å². The summed E-state index contributed by atoms with van der Waals surface area (Å²) in [6, 6.07) is 19.3. The molecule has 0 aliphatic rings. The molecular weight excluding hydrogens is 206 g/mol. The van der Waals surface area contributed by atoms with Gasteiger partial charge in [0.05, 0.1) is 0 Å². The van der Waals surface area contributed by atoms with Crippen molar-refractivity contribution in [2.75, 3.05) is 0 Å². The molecule has 0 bridgehead atoms. The average molecular weight is 225 g/mol. The Morgan fingerprint density at radius 3 is 2.00 bits per heavy atom. The Hall–Kier alpha value is -1.60. The van der Waals surface area contributed by atoms with Crippen LogP contribution in [0.5, 0.6) is 0 Å². The molecule has 1 unspecified atom stereocenters. The van der Waals surface area contributed by atoms with E-state index in [4.69, 9.17) is 5.73 Å². The van der Waals surface area contributed by atoms with Crippen molar-refractivity contribution in [3.05, 3.63) is 71.3 Å². The molecule has 0 amide bonds. The predicted octanol–water partition coefficient (Wildman–Crippen LogP) is 3.69. The SMILES string of the molecule is CCC(c1ccccc1)c1ccc(CN)cc1. The molecule has 1 heteroatoms. The lowest BCUT2D eigenvalue weighted by molar-refractivity contribution is 0.776. The highest BCUT2D eigenvalue weighted by Crippen LogP contribution is 2.27. The monoisotopic (exact) mass is 225 g/mol. The summed E-state index contributed by atoms with van der Waals surface area (Å²) in [5, 5.41) is 0. The Bertz CT molecular complexity index is 445. The first kappa shape index (κ1) is 11.9. The Labute approximate surface area is 103 Å². The number of rotatable bonds is 4. The molecule has 1 nitrogen and oxygen atoms in total. The molecule has 2 aromatic rings. The number of benzene rings is 2. The van der Waals surface area contributed by atoms with Gasteiger partial charge >= 0.3 is 0 Å². The van der Waals surface area contributed by atoms with Gasteiger partial charge in [-0.15, -0.1) is 0 Å². The van der Waals surface area contributed by atoms with Crippen molar-refractivity contribution in [1.29, 1.82) is 0 Å². The summed E-state index contributed by atoms with van der Waals surface area (Å²) >= 11 is 0. The van der Waals surface area contributed by atoms with Gasteiger partial charge in [-0.2, -0.15) is 0 Å². The van der Waals surface area contributed by atoms with E-state index in [-0.39, 0.29) is 0 Å². The minimum atomic E-state index is 0.489. The smallest absolute Gasteiger partial charge is 0.0178 e. The highest BCUT2D eigenvalue weighted by Gasteiger charge is 2.10. The van der Waals surface area contributed by atoms with Gasteiger partial charge in [-0.3, -0.25) is 0 Å². The Morgan fingerprint density at radius 2 is 1.47 bits per heavy atom. The predicted molar refractivity (Wildman–Crippen MR) is 72.9 cm³/mol. The third-order valence-corrected chi connectivity index (χ3v) is 3.23. The fraction of sp³-hybridized carbons (Fsp3) is 0.250. The second kappa shape index (κ2) is 5.65. The van der Waals surface area contributed by atoms with Crippen LogP contribution in [0.25, 0.3) is 0 Å². The Balaban J connectivity index is 2.29. The third-order valence-electron chi connectivity index (χ3n) is 3.23. The standard InChI is InChI=1S/C16H19N/c1-2-16(14-6-4-3-5-7-14)15-10-8-13(12-17)9-11-15/h3-11,16H,2,12,17H2,1H3. The number of hydrogen-bond donors (Lipinski definition) is 1. The van der Waals surface area contributed by atoms with Gasteiger partial charge in [0.1, 0.15) is 0 Å². The van der Waals surface area contributed by atoms with Crippen LogP contribution in [-0.4, -0.2) is 0 Å². The van der Waals surface area contributed by atoms with E-state index < -0.39 is 0 Å². The van der Waals surface area contributed by atoms with E-state index in [1.807, 2.05) is 0 Å². The molecule has 0 spiro atoms. The lowest BCUT2D eigenvalue weighted by atomic mass is 9.89. The zero-order valence-electron chi connectivity index (χ0n) is 10.3. The van der Waals surface area contributed by atoms with E-state index in [0.717, 1.165) is 6.42 Å². The molecule has 2 aromatic carbocycles. The van der Waals surface area contributed by atoms with Crippen molar-refractivity contribution in [3.63, 3.8) is 0 Å². The molecule has 0 aromatic heterocycles. The van der Waals surface area contributed by atoms with Crippen LogP contribution in [0.3, 0.4) is 0 Å². The topological polar surface area (TPSA) is 26.0 Å². The molecule has 0 aliphatic carbocycles. The van der Waals surface area contributed by atoms with Crippen molar-refractivity contribution in [2.45, 2.75) is 25.8 Å². The summed E-state index contributed by atoms with van der Waals surface area (Å²) in [6.45, 7) is 2.84. The molecule has 1 atom stereocenters. The van der Waals surface area contributed by atoms with Crippen LogP contribution in [0.4, 0.5) is 0 Å². The summed E-state index contributed by atoms with van der Waals surface area (Å²) in [7, 11) is 0.